The van der Waals surface area contributed by atoms with Crippen LogP contribution in [-0.2, 0) is 19.1 Å². The number of methoxy groups -OCH3 is 1. The van der Waals surface area contributed by atoms with Crippen LogP contribution in [0.1, 0.15) is 30.1 Å². The number of carbonyl (C=O) groups excluding carboxylic acids is 3. The Hall–Kier alpha value is -3.46. The Kier molecular flexibility index (Phi) is 6.83. The van der Waals surface area contributed by atoms with E-state index in [4.69, 9.17) is 14.2 Å². The number of fused-ring (bicyclic) bond motifs is 1. The van der Waals surface area contributed by atoms with Gasteiger partial charge >= 0.3 is 5.97 Å². The molecule has 2 fully saturated rings. The van der Waals surface area contributed by atoms with E-state index in [1.165, 1.54) is 24.3 Å². The van der Waals surface area contributed by atoms with Gasteiger partial charge < -0.3 is 24.4 Å². The van der Waals surface area contributed by atoms with E-state index in [1.54, 1.807) is 43.2 Å². The van der Waals surface area contributed by atoms with E-state index in [9.17, 15) is 18.8 Å². The number of esters is 1. The molecular formula is C25H27FN2O6. The topological polar surface area (TPSA) is 94.2 Å². The minimum Gasteiger partial charge on any atom is -0.464 e. The first kappa shape index (κ1) is 23.7. The van der Waals surface area contributed by atoms with Crippen LogP contribution in [0.2, 0.25) is 0 Å². The van der Waals surface area contributed by atoms with E-state index in [-0.39, 0.29) is 36.3 Å². The molecule has 1 aliphatic heterocycles. The number of nitrogens with zero attached hydrogens (tertiary/aromatic N) is 1. The van der Waals surface area contributed by atoms with Gasteiger partial charge in [0.15, 0.2) is 0 Å². The molecule has 1 aliphatic carbocycles. The molecule has 34 heavy (non-hydrogen) atoms. The molecule has 9 heteroatoms. The molecule has 2 aromatic rings. The molecule has 2 amide bonds. The summed E-state index contributed by atoms with van der Waals surface area (Å²) in [5, 5.41) is 2.63. The van der Waals surface area contributed by atoms with Crippen molar-refractivity contribution >= 4 is 17.8 Å². The van der Waals surface area contributed by atoms with Crippen LogP contribution >= 0.6 is 0 Å². The summed E-state index contributed by atoms with van der Waals surface area (Å²) in [5.41, 5.74) is 0.134. The van der Waals surface area contributed by atoms with Gasteiger partial charge in [0.25, 0.3) is 5.91 Å². The zero-order valence-corrected chi connectivity index (χ0v) is 19.1. The fraction of sp³-hybridized carbons (Fsp3) is 0.400. The highest BCUT2D eigenvalue weighted by molar-refractivity contribution is 5.97. The van der Waals surface area contributed by atoms with Crippen molar-refractivity contribution in [3.05, 3.63) is 59.9 Å². The molecule has 1 saturated carbocycles. The van der Waals surface area contributed by atoms with E-state index in [1.807, 2.05) is 0 Å². The lowest BCUT2D eigenvalue weighted by Gasteiger charge is -2.26. The molecule has 4 rings (SSSR count). The number of likely N-dealkylation sites (tertiary alicyclic amines) is 1. The van der Waals surface area contributed by atoms with Crippen LogP contribution in [0.5, 0.6) is 11.5 Å². The Bertz CT molecular complexity index is 1060. The monoisotopic (exact) mass is 470 g/mol. The number of piperidine rings is 1. The van der Waals surface area contributed by atoms with E-state index in [2.05, 4.69) is 5.32 Å². The lowest BCUT2D eigenvalue weighted by Crippen LogP contribution is -2.48. The largest absolute Gasteiger partial charge is 0.464 e. The summed E-state index contributed by atoms with van der Waals surface area (Å²) in [5.74, 6) is -0.591. The third-order valence-electron chi connectivity index (χ3n) is 6.26. The second-order valence-corrected chi connectivity index (χ2v) is 8.55. The van der Waals surface area contributed by atoms with Crippen molar-refractivity contribution in [1.29, 1.82) is 0 Å². The van der Waals surface area contributed by atoms with Crippen LogP contribution < -0.4 is 10.1 Å². The molecule has 0 spiro atoms. The fourth-order valence-electron chi connectivity index (χ4n) is 4.59. The molecule has 1 unspecified atom stereocenters. The lowest BCUT2D eigenvalue weighted by atomic mass is 10.0. The average Bonchev–Trinajstić information content (AvgIpc) is 3.42. The van der Waals surface area contributed by atoms with Gasteiger partial charge in [-0.25, -0.2) is 9.18 Å². The van der Waals surface area contributed by atoms with Crippen molar-refractivity contribution in [2.75, 3.05) is 26.9 Å². The molecule has 1 heterocycles. The highest BCUT2D eigenvalue weighted by Gasteiger charge is 2.67. The number of nitrogens with one attached hydrogen (secondary N) is 1. The number of amides is 2. The summed E-state index contributed by atoms with van der Waals surface area (Å²) in [6.07, 6.45) is 1.27. The maximum absolute atomic E-state index is 13.0. The van der Waals surface area contributed by atoms with Crippen LogP contribution in [0.25, 0.3) is 0 Å². The maximum atomic E-state index is 13.0. The average molecular weight is 470 g/mol. The molecule has 2 aromatic carbocycles. The molecule has 1 saturated heterocycles. The van der Waals surface area contributed by atoms with E-state index in [0.29, 0.717) is 30.1 Å². The summed E-state index contributed by atoms with van der Waals surface area (Å²) < 4.78 is 29.1. The Morgan fingerprint density at radius 2 is 1.71 bits per heavy atom. The van der Waals surface area contributed by atoms with Crippen molar-refractivity contribution < 1.29 is 33.0 Å². The normalized spacial score (nSPS) is 22.6. The molecule has 2 aliphatic rings. The van der Waals surface area contributed by atoms with Gasteiger partial charge in [0.05, 0.1) is 19.8 Å². The van der Waals surface area contributed by atoms with Crippen molar-refractivity contribution in [3.8, 4) is 11.5 Å². The van der Waals surface area contributed by atoms with Crippen LogP contribution in [0.3, 0.4) is 0 Å². The number of hydrogen-bond acceptors (Lipinski definition) is 6. The Labute approximate surface area is 197 Å². The zero-order valence-electron chi connectivity index (χ0n) is 19.1. The Morgan fingerprint density at radius 3 is 2.32 bits per heavy atom. The van der Waals surface area contributed by atoms with Crippen LogP contribution in [-0.4, -0.2) is 61.6 Å². The van der Waals surface area contributed by atoms with Gasteiger partial charge in [-0.05, 0) is 68.3 Å². The fourth-order valence-corrected chi connectivity index (χ4v) is 4.59. The minimum absolute atomic E-state index is 0.0887. The quantitative estimate of drug-likeness (QED) is 0.567. The van der Waals surface area contributed by atoms with Crippen molar-refractivity contribution in [3.63, 3.8) is 0 Å². The smallest absolute Gasteiger partial charge is 0.328 e. The molecular weight excluding hydrogens is 443 g/mol. The summed E-state index contributed by atoms with van der Waals surface area (Å²) in [6, 6.07) is 11.2. The van der Waals surface area contributed by atoms with Crippen molar-refractivity contribution in [1.82, 2.24) is 10.2 Å². The number of halogens is 1. The van der Waals surface area contributed by atoms with Gasteiger partial charge in [0.1, 0.15) is 23.4 Å². The third-order valence-corrected chi connectivity index (χ3v) is 6.26. The number of benzene rings is 2. The van der Waals surface area contributed by atoms with Crippen LogP contribution in [0.15, 0.2) is 48.5 Å². The number of rotatable bonds is 9. The maximum Gasteiger partial charge on any atom is 0.328 e. The first-order valence-electron chi connectivity index (χ1n) is 11.2. The van der Waals surface area contributed by atoms with Crippen LogP contribution in [0.4, 0.5) is 4.39 Å². The molecule has 1 N–H and O–H groups in total. The standard InChI is InChI=1S/C25H27FN2O6/c1-3-33-24(31)20-12-25(15-32-2)13-21(25)28(20)22(29)14-27-23(30)16-4-8-18(9-5-16)34-19-10-6-17(26)7-11-19/h4-11,20-21H,3,12-15H2,1-2H3,(H,27,30)/t20-,21?,25+/m0/s1. The second-order valence-electron chi connectivity index (χ2n) is 8.55. The summed E-state index contributed by atoms with van der Waals surface area (Å²) in [6.45, 7) is 2.19. The predicted molar refractivity (Wildman–Crippen MR) is 120 cm³/mol. The molecule has 8 nitrogen and oxygen atoms in total. The second kappa shape index (κ2) is 9.80. The van der Waals surface area contributed by atoms with Gasteiger partial charge in [-0.1, -0.05) is 0 Å². The summed E-state index contributed by atoms with van der Waals surface area (Å²) in [4.78, 5) is 39.5. The molecule has 3 atom stereocenters. The predicted octanol–water partition coefficient (Wildman–Crippen LogP) is 2.92. The lowest BCUT2D eigenvalue weighted by molar-refractivity contribution is -0.153. The number of hydrogen-bond donors (Lipinski definition) is 1. The van der Waals surface area contributed by atoms with Gasteiger partial charge in [0.2, 0.25) is 5.91 Å². The van der Waals surface area contributed by atoms with Gasteiger partial charge in [0, 0.05) is 24.1 Å². The van der Waals surface area contributed by atoms with E-state index < -0.39 is 17.9 Å². The summed E-state index contributed by atoms with van der Waals surface area (Å²) in [7, 11) is 1.60. The van der Waals surface area contributed by atoms with Gasteiger partial charge in [-0.15, -0.1) is 0 Å². The highest BCUT2D eigenvalue weighted by atomic mass is 19.1. The highest BCUT2D eigenvalue weighted by Crippen LogP contribution is 2.59. The van der Waals surface area contributed by atoms with Gasteiger partial charge in [-0.3, -0.25) is 9.59 Å². The van der Waals surface area contributed by atoms with Crippen LogP contribution in [0, 0.1) is 11.2 Å². The number of carbonyl (C=O) groups is 3. The van der Waals surface area contributed by atoms with E-state index in [0.717, 1.165) is 6.42 Å². The molecule has 0 aromatic heterocycles. The zero-order chi connectivity index (χ0) is 24.3. The number of ether oxygens (including phenoxy) is 3. The minimum atomic E-state index is -0.666. The summed E-state index contributed by atoms with van der Waals surface area (Å²) >= 11 is 0. The molecule has 180 valence electrons. The van der Waals surface area contributed by atoms with Crippen molar-refractivity contribution in [2.24, 2.45) is 5.41 Å². The molecule has 0 radical (unpaired) electrons. The third kappa shape index (κ3) is 4.89. The van der Waals surface area contributed by atoms with Gasteiger partial charge in [-0.2, -0.15) is 0 Å². The SMILES string of the molecule is CCOC(=O)[C@@H]1C[C@]2(COC)CC2N1C(=O)CNC(=O)c1ccc(Oc2ccc(F)cc2)cc1. The first-order valence-corrected chi connectivity index (χ1v) is 11.2. The Morgan fingerprint density at radius 1 is 1.06 bits per heavy atom. The van der Waals surface area contributed by atoms with Crippen molar-refractivity contribution in [2.45, 2.75) is 31.8 Å². The van der Waals surface area contributed by atoms with E-state index >= 15 is 0 Å². The Balaban J connectivity index is 1.35. The molecule has 0 bridgehead atoms. The first-order chi connectivity index (χ1) is 16.4.